The quantitative estimate of drug-likeness (QED) is 0.470. The molecule has 2 rings (SSSR count). The second-order valence-corrected chi connectivity index (χ2v) is 6.89. The highest BCUT2D eigenvalue weighted by Gasteiger charge is 2.29. The molecule has 0 unspecified atom stereocenters. The summed E-state index contributed by atoms with van der Waals surface area (Å²) in [5.74, 6) is -0.508. The van der Waals surface area contributed by atoms with Crippen molar-refractivity contribution in [3.05, 3.63) is 11.6 Å². The predicted molar refractivity (Wildman–Crippen MR) is 93.0 cm³/mol. The molecule has 25 heavy (non-hydrogen) atoms. The van der Waals surface area contributed by atoms with E-state index >= 15 is 0 Å². The number of allylic oxidation sites excluding steroid dienone is 1. The Morgan fingerprint density at radius 2 is 2.00 bits per heavy atom. The molecule has 3 N–H and O–H groups in total. The Hall–Kier alpha value is -1.89. The van der Waals surface area contributed by atoms with Crippen LogP contribution in [0.25, 0.3) is 0 Å². The van der Waals surface area contributed by atoms with E-state index in [-0.39, 0.29) is 24.3 Å². The SMILES string of the molecule is COC(=O)C1CC[NH+](CC(=O)NC(=O)NCCC2=CCCCC2)CC1. The molecule has 0 spiro atoms. The minimum Gasteiger partial charge on any atom is -0.469 e. The minimum absolute atomic E-state index is 0.0609. The van der Waals surface area contributed by atoms with Crippen molar-refractivity contribution >= 4 is 17.9 Å². The summed E-state index contributed by atoms with van der Waals surface area (Å²) in [5, 5.41) is 5.13. The maximum atomic E-state index is 12.0. The molecule has 0 bridgehead atoms. The Morgan fingerprint density at radius 3 is 2.64 bits per heavy atom. The van der Waals surface area contributed by atoms with Crippen molar-refractivity contribution < 1.29 is 24.0 Å². The van der Waals surface area contributed by atoms with Crippen LogP contribution in [-0.4, -0.2) is 51.2 Å². The summed E-state index contributed by atoms with van der Waals surface area (Å²) in [5.41, 5.74) is 1.40. The Bertz CT molecular complexity index is 510. The summed E-state index contributed by atoms with van der Waals surface area (Å²) >= 11 is 0. The molecule has 1 saturated heterocycles. The molecule has 1 heterocycles. The van der Waals surface area contributed by atoms with Gasteiger partial charge in [-0.05, 0) is 32.1 Å². The van der Waals surface area contributed by atoms with Gasteiger partial charge < -0.3 is 15.0 Å². The average Bonchev–Trinajstić information content (AvgIpc) is 2.62. The van der Waals surface area contributed by atoms with Crippen LogP contribution in [0, 0.1) is 5.92 Å². The van der Waals surface area contributed by atoms with Gasteiger partial charge >= 0.3 is 12.0 Å². The Balaban J connectivity index is 1.59. The molecule has 1 aliphatic carbocycles. The van der Waals surface area contributed by atoms with E-state index in [0.29, 0.717) is 6.54 Å². The first-order valence-corrected chi connectivity index (χ1v) is 9.25. The molecule has 0 saturated carbocycles. The third kappa shape index (κ3) is 6.86. The van der Waals surface area contributed by atoms with Gasteiger partial charge in [0.15, 0.2) is 6.54 Å². The molecule has 1 aliphatic heterocycles. The highest BCUT2D eigenvalue weighted by Crippen LogP contribution is 2.19. The van der Waals surface area contributed by atoms with E-state index in [4.69, 9.17) is 4.74 Å². The fraction of sp³-hybridized carbons (Fsp3) is 0.722. The second kappa shape index (κ2) is 10.2. The van der Waals surface area contributed by atoms with Gasteiger partial charge in [-0.1, -0.05) is 11.6 Å². The van der Waals surface area contributed by atoms with Crippen LogP contribution < -0.4 is 15.5 Å². The molecule has 2 aliphatic rings. The van der Waals surface area contributed by atoms with Gasteiger partial charge in [0.25, 0.3) is 5.91 Å². The molecule has 7 heteroatoms. The van der Waals surface area contributed by atoms with Crippen molar-refractivity contribution in [2.75, 3.05) is 33.3 Å². The number of carbonyl (C=O) groups excluding carboxylic acids is 3. The third-order valence-corrected chi connectivity index (χ3v) is 5.01. The maximum absolute atomic E-state index is 12.0. The van der Waals surface area contributed by atoms with Gasteiger partial charge in [0.1, 0.15) is 0 Å². The number of quaternary nitrogens is 1. The standard InChI is InChI=1S/C18H29N3O4/c1-25-17(23)15-8-11-21(12-9-15)13-16(22)20-18(24)19-10-7-14-5-3-2-4-6-14/h5,15H,2-4,6-13H2,1H3,(H2,19,20,22,24)/p+1. The first kappa shape index (κ1) is 19.4. The van der Waals surface area contributed by atoms with Crippen LogP contribution in [0.3, 0.4) is 0 Å². The van der Waals surface area contributed by atoms with E-state index in [0.717, 1.165) is 50.1 Å². The highest BCUT2D eigenvalue weighted by molar-refractivity contribution is 5.94. The van der Waals surface area contributed by atoms with E-state index in [1.165, 1.54) is 25.5 Å². The second-order valence-electron chi connectivity index (χ2n) is 6.89. The zero-order valence-corrected chi connectivity index (χ0v) is 15.1. The number of carbonyl (C=O) groups is 3. The number of amides is 3. The van der Waals surface area contributed by atoms with Gasteiger partial charge in [0, 0.05) is 19.4 Å². The molecular weight excluding hydrogens is 322 g/mol. The first-order chi connectivity index (χ1) is 12.1. The zero-order chi connectivity index (χ0) is 18.1. The smallest absolute Gasteiger partial charge is 0.321 e. The normalized spacial score (nSPS) is 23.3. The number of rotatable bonds is 6. The fourth-order valence-electron chi connectivity index (χ4n) is 3.52. The molecule has 0 radical (unpaired) electrons. The number of nitrogens with one attached hydrogen (secondary N) is 3. The van der Waals surface area contributed by atoms with Crippen molar-refractivity contribution in [2.24, 2.45) is 5.92 Å². The number of likely N-dealkylation sites (tertiary alicyclic amines) is 1. The lowest BCUT2D eigenvalue weighted by atomic mass is 9.97. The molecular formula is C18H30N3O4+. The summed E-state index contributed by atoms with van der Waals surface area (Å²) in [7, 11) is 1.40. The summed E-state index contributed by atoms with van der Waals surface area (Å²) in [4.78, 5) is 36.3. The van der Waals surface area contributed by atoms with Crippen LogP contribution in [0.15, 0.2) is 11.6 Å². The first-order valence-electron chi connectivity index (χ1n) is 9.25. The Kier molecular flexibility index (Phi) is 7.91. The number of esters is 1. The third-order valence-electron chi connectivity index (χ3n) is 5.01. The number of hydrogen-bond acceptors (Lipinski definition) is 4. The van der Waals surface area contributed by atoms with Gasteiger partial charge in [-0.3, -0.25) is 14.9 Å². The van der Waals surface area contributed by atoms with Gasteiger partial charge in [0.2, 0.25) is 0 Å². The van der Waals surface area contributed by atoms with E-state index in [1.54, 1.807) is 0 Å². The Labute approximate surface area is 149 Å². The lowest BCUT2D eigenvalue weighted by Crippen LogP contribution is -3.14. The van der Waals surface area contributed by atoms with Crippen LogP contribution in [0.1, 0.15) is 44.9 Å². The van der Waals surface area contributed by atoms with Crippen molar-refractivity contribution in [1.29, 1.82) is 0 Å². The monoisotopic (exact) mass is 352 g/mol. The van der Waals surface area contributed by atoms with E-state index in [9.17, 15) is 14.4 Å². The highest BCUT2D eigenvalue weighted by atomic mass is 16.5. The van der Waals surface area contributed by atoms with Crippen LogP contribution in [0.4, 0.5) is 4.79 Å². The summed E-state index contributed by atoms with van der Waals surface area (Å²) in [6.07, 6.45) is 9.29. The number of piperidine rings is 1. The van der Waals surface area contributed by atoms with Gasteiger partial charge in [0.05, 0.1) is 26.1 Å². The van der Waals surface area contributed by atoms with Gasteiger partial charge in [-0.25, -0.2) is 4.79 Å². The number of urea groups is 1. The topological polar surface area (TPSA) is 88.9 Å². The lowest BCUT2D eigenvalue weighted by molar-refractivity contribution is -0.897. The number of hydrogen-bond donors (Lipinski definition) is 3. The molecule has 0 aromatic rings. The summed E-state index contributed by atoms with van der Waals surface area (Å²) in [6.45, 7) is 2.29. The fourth-order valence-corrected chi connectivity index (χ4v) is 3.52. The molecule has 1 fully saturated rings. The van der Waals surface area contributed by atoms with Crippen LogP contribution >= 0.6 is 0 Å². The van der Waals surface area contributed by atoms with Crippen LogP contribution in [-0.2, 0) is 14.3 Å². The van der Waals surface area contributed by atoms with E-state index < -0.39 is 6.03 Å². The summed E-state index contributed by atoms with van der Waals surface area (Å²) < 4.78 is 4.76. The zero-order valence-electron chi connectivity index (χ0n) is 15.1. The summed E-state index contributed by atoms with van der Waals surface area (Å²) in [6, 6.07) is -0.426. The van der Waals surface area contributed by atoms with E-state index in [1.807, 2.05) is 0 Å². The lowest BCUT2D eigenvalue weighted by Gasteiger charge is -2.27. The Morgan fingerprint density at radius 1 is 1.24 bits per heavy atom. The number of ether oxygens (including phenoxy) is 1. The molecule has 3 amide bonds. The molecule has 7 nitrogen and oxygen atoms in total. The van der Waals surface area contributed by atoms with Gasteiger partial charge in [-0.2, -0.15) is 0 Å². The van der Waals surface area contributed by atoms with Crippen LogP contribution in [0.2, 0.25) is 0 Å². The molecule has 0 aromatic carbocycles. The maximum Gasteiger partial charge on any atom is 0.321 e. The van der Waals surface area contributed by atoms with Gasteiger partial charge in [-0.15, -0.1) is 0 Å². The van der Waals surface area contributed by atoms with Crippen molar-refractivity contribution in [1.82, 2.24) is 10.6 Å². The number of imide groups is 1. The molecule has 140 valence electrons. The molecule has 0 aromatic heterocycles. The predicted octanol–water partition coefficient (Wildman–Crippen LogP) is 0.171. The van der Waals surface area contributed by atoms with Crippen molar-refractivity contribution in [3.63, 3.8) is 0 Å². The average molecular weight is 352 g/mol. The number of methoxy groups -OCH3 is 1. The van der Waals surface area contributed by atoms with Crippen molar-refractivity contribution in [3.8, 4) is 0 Å². The minimum atomic E-state index is -0.426. The van der Waals surface area contributed by atoms with Crippen LogP contribution in [0.5, 0.6) is 0 Å². The largest absolute Gasteiger partial charge is 0.469 e. The molecule has 0 atom stereocenters. The van der Waals surface area contributed by atoms with Crippen molar-refractivity contribution in [2.45, 2.75) is 44.9 Å². The van der Waals surface area contributed by atoms with E-state index in [2.05, 4.69) is 16.7 Å².